The van der Waals surface area contributed by atoms with Crippen LogP contribution in [-0.4, -0.2) is 24.2 Å². The lowest BCUT2D eigenvalue weighted by Crippen LogP contribution is -2.15. The predicted octanol–water partition coefficient (Wildman–Crippen LogP) is 4.95. The number of ether oxygens (including phenoxy) is 1. The van der Waals surface area contributed by atoms with Crippen LogP contribution in [-0.2, 0) is 9.53 Å². The second-order valence-electron chi connectivity index (χ2n) is 5.30. The Morgan fingerprint density at radius 1 is 1.16 bits per heavy atom. The summed E-state index contributed by atoms with van der Waals surface area (Å²) in [5, 5.41) is 3.56. The summed E-state index contributed by atoms with van der Waals surface area (Å²) in [6.45, 7) is 3.87. The van der Waals surface area contributed by atoms with Crippen LogP contribution < -0.4 is 5.32 Å². The second kappa shape index (κ2) is 9.49. The number of amides is 1. The molecule has 6 heteroatoms. The summed E-state index contributed by atoms with van der Waals surface area (Å²) in [5.41, 5.74) is 1.81. The van der Waals surface area contributed by atoms with Crippen LogP contribution in [0, 0.1) is 6.92 Å². The lowest BCUT2D eigenvalue weighted by atomic mass is 10.1. The molecule has 25 heavy (non-hydrogen) atoms. The Balaban J connectivity index is 1.90. The summed E-state index contributed by atoms with van der Waals surface area (Å²) in [6, 6.07) is 12.7. The first-order valence-electron chi connectivity index (χ1n) is 7.96. The van der Waals surface area contributed by atoms with E-state index in [2.05, 4.69) is 5.32 Å². The van der Waals surface area contributed by atoms with E-state index in [-0.39, 0.29) is 11.9 Å². The number of benzene rings is 2. The van der Waals surface area contributed by atoms with Crippen molar-refractivity contribution in [2.45, 2.75) is 25.2 Å². The molecular formula is C19H20ClNO3S. The van der Waals surface area contributed by atoms with Gasteiger partial charge in [0.1, 0.15) is 0 Å². The van der Waals surface area contributed by atoms with E-state index in [4.69, 9.17) is 16.3 Å². The predicted molar refractivity (Wildman–Crippen MR) is 103 cm³/mol. The third kappa shape index (κ3) is 5.80. The van der Waals surface area contributed by atoms with E-state index in [1.807, 2.05) is 24.3 Å². The summed E-state index contributed by atoms with van der Waals surface area (Å²) in [7, 11) is 0. The van der Waals surface area contributed by atoms with Crippen molar-refractivity contribution in [1.29, 1.82) is 0 Å². The number of esters is 1. The molecule has 0 bridgehead atoms. The summed E-state index contributed by atoms with van der Waals surface area (Å²) in [5.74, 6) is 0.185. The van der Waals surface area contributed by atoms with E-state index >= 15 is 0 Å². The maximum absolute atomic E-state index is 12.2. The van der Waals surface area contributed by atoms with Crippen LogP contribution in [0.2, 0.25) is 5.02 Å². The molecule has 0 radical (unpaired) electrons. The first-order valence-corrected chi connectivity index (χ1v) is 9.32. The first kappa shape index (κ1) is 19.3. The highest BCUT2D eigenvalue weighted by Crippen LogP contribution is 2.22. The molecule has 2 aromatic rings. The largest absolute Gasteiger partial charge is 0.462 e. The van der Waals surface area contributed by atoms with Gasteiger partial charge in [-0.1, -0.05) is 17.7 Å². The highest BCUT2D eigenvalue weighted by Gasteiger charge is 2.13. The zero-order valence-corrected chi connectivity index (χ0v) is 15.7. The van der Waals surface area contributed by atoms with Crippen molar-refractivity contribution in [2.24, 2.45) is 0 Å². The Hall–Kier alpha value is -1.98. The quantitative estimate of drug-likeness (QED) is 0.548. The van der Waals surface area contributed by atoms with Gasteiger partial charge in [-0.25, -0.2) is 4.79 Å². The molecule has 0 spiro atoms. The Morgan fingerprint density at radius 2 is 1.88 bits per heavy atom. The van der Waals surface area contributed by atoms with Crippen LogP contribution in [0.25, 0.3) is 0 Å². The Kier molecular flexibility index (Phi) is 7.34. The van der Waals surface area contributed by atoms with Crippen LogP contribution in [0.5, 0.6) is 0 Å². The molecule has 2 rings (SSSR count). The fourth-order valence-corrected chi connectivity index (χ4v) is 3.18. The van der Waals surface area contributed by atoms with Crippen LogP contribution in [0.1, 0.15) is 29.3 Å². The average molecular weight is 378 g/mol. The van der Waals surface area contributed by atoms with Gasteiger partial charge < -0.3 is 10.1 Å². The number of thioether (sulfide) groups is 1. The van der Waals surface area contributed by atoms with E-state index in [0.717, 1.165) is 4.90 Å². The van der Waals surface area contributed by atoms with Crippen molar-refractivity contribution in [3.63, 3.8) is 0 Å². The van der Waals surface area contributed by atoms with Gasteiger partial charge in [0.25, 0.3) is 0 Å². The summed E-state index contributed by atoms with van der Waals surface area (Å²) in [4.78, 5) is 25.1. The number of rotatable bonds is 7. The van der Waals surface area contributed by atoms with Gasteiger partial charge in [-0.3, -0.25) is 4.79 Å². The molecule has 0 saturated carbocycles. The van der Waals surface area contributed by atoms with E-state index in [1.54, 1.807) is 43.8 Å². The van der Waals surface area contributed by atoms with Gasteiger partial charge in [-0.05, 0) is 55.8 Å². The molecule has 0 atom stereocenters. The fraction of sp³-hybridized carbons (Fsp3) is 0.263. The van der Waals surface area contributed by atoms with Crippen molar-refractivity contribution >= 4 is 40.9 Å². The van der Waals surface area contributed by atoms with Crippen molar-refractivity contribution < 1.29 is 14.3 Å². The smallest absolute Gasteiger partial charge is 0.338 e. The van der Waals surface area contributed by atoms with Crippen molar-refractivity contribution in [1.82, 2.24) is 0 Å². The Morgan fingerprint density at radius 3 is 2.56 bits per heavy atom. The second-order valence-corrected chi connectivity index (χ2v) is 6.90. The molecule has 0 aliphatic carbocycles. The number of carbonyl (C=O) groups excluding carboxylic acids is 2. The van der Waals surface area contributed by atoms with Crippen LogP contribution in [0.3, 0.4) is 0 Å². The van der Waals surface area contributed by atoms with E-state index < -0.39 is 0 Å². The van der Waals surface area contributed by atoms with Gasteiger partial charge in [0, 0.05) is 27.8 Å². The molecule has 0 fully saturated rings. The molecule has 4 nitrogen and oxygen atoms in total. The molecule has 0 unspecified atom stereocenters. The SMILES string of the molecule is CCOC(=O)c1cccc(NC(=O)CCSc2ccc(Cl)cc2)c1C. The molecule has 132 valence electrons. The van der Waals surface area contributed by atoms with Crippen molar-refractivity contribution in [3.05, 3.63) is 58.6 Å². The molecule has 2 aromatic carbocycles. The standard InChI is InChI=1S/C19H20ClNO3S/c1-3-24-19(23)16-5-4-6-17(13(16)2)21-18(22)11-12-25-15-9-7-14(20)8-10-15/h4-10H,3,11-12H2,1-2H3,(H,21,22). The van der Waals surface area contributed by atoms with E-state index in [0.29, 0.717) is 40.6 Å². The molecule has 0 aliphatic heterocycles. The van der Waals surface area contributed by atoms with Crippen molar-refractivity contribution in [2.75, 3.05) is 17.7 Å². The van der Waals surface area contributed by atoms with Gasteiger partial charge in [0.15, 0.2) is 0 Å². The number of nitrogens with one attached hydrogen (secondary N) is 1. The zero-order chi connectivity index (χ0) is 18.2. The van der Waals surface area contributed by atoms with Crippen molar-refractivity contribution in [3.8, 4) is 0 Å². The number of anilines is 1. The van der Waals surface area contributed by atoms with Gasteiger partial charge in [0.05, 0.1) is 12.2 Å². The normalized spacial score (nSPS) is 10.4. The number of hydrogen-bond donors (Lipinski definition) is 1. The molecule has 0 heterocycles. The van der Waals surface area contributed by atoms with Gasteiger partial charge in [0.2, 0.25) is 5.91 Å². The lowest BCUT2D eigenvalue weighted by molar-refractivity contribution is -0.115. The number of halogens is 1. The minimum Gasteiger partial charge on any atom is -0.462 e. The Bertz CT molecular complexity index is 747. The topological polar surface area (TPSA) is 55.4 Å². The third-order valence-corrected chi connectivity index (χ3v) is 4.78. The molecule has 1 amide bonds. The highest BCUT2D eigenvalue weighted by atomic mass is 35.5. The maximum Gasteiger partial charge on any atom is 0.338 e. The monoisotopic (exact) mass is 377 g/mol. The Labute approximate surface area is 156 Å². The minimum absolute atomic E-state index is 0.0921. The van der Waals surface area contributed by atoms with Crippen LogP contribution in [0.15, 0.2) is 47.4 Å². The zero-order valence-electron chi connectivity index (χ0n) is 14.2. The summed E-state index contributed by atoms with van der Waals surface area (Å²) >= 11 is 7.44. The number of carbonyl (C=O) groups is 2. The van der Waals surface area contributed by atoms with Crippen LogP contribution >= 0.6 is 23.4 Å². The first-order chi connectivity index (χ1) is 12.0. The molecule has 0 aliphatic rings. The molecular weight excluding hydrogens is 358 g/mol. The van der Waals surface area contributed by atoms with E-state index in [1.165, 1.54) is 0 Å². The van der Waals surface area contributed by atoms with Gasteiger partial charge in [-0.15, -0.1) is 11.8 Å². The summed E-state index contributed by atoms with van der Waals surface area (Å²) < 4.78 is 5.03. The average Bonchev–Trinajstić information content (AvgIpc) is 2.59. The lowest BCUT2D eigenvalue weighted by Gasteiger charge is -2.12. The number of hydrogen-bond acceptors (Lipinski definition) is 4. The fourth-order valence-electron chi connectivity index (χ4n) is 2.21. The van der Waals surface area contributed by atoms with Gasteiger partial charge >= 0.3 is 5.97 Å². The minimum atomic E-state index is -0.380. The van der Waals surface area contributed by atoms with E-state index in [9.17, 15) is 9.59 Å². The molecule has 1 N–H and O–H groups in total. The molecule has 0 aromatic heterocycles. The third-order valence-electron chi connectivity index (χ3n) is 3.51. The highest BCUT2D eigenvalue weighted by molar-refractivity contribution is 7.99. The summed E-state index contributed by atoms with van der Waals surface area (Å²) in [6.07, 6.45) is 0.371. The van der Waals surface area contributed by atoms with Gasteiger partial charge in [-0.2, -0.15) is 0 Å². The maximum atomic E-state index is 12.2. The molecule has 0 saturated heterocycles. The van der Waals surface area contributed by atoms with Crippen LogP contribution in [0.4, 0.5) is 5.69 Å².